The van der Waals surface area contributed by atoms with Crippen LogP contribution in [0.1, 0.15) is 83.3 Å². The third kappa shape index (κ3) is 7.61. The number of nitrogens with one attached hydrogen (secondary N) is 2. The molecule has 0 unspecified atom stereocenters. The molecule has 0 aromatic carbocycles. The van der Waals surface area contributed by atoms with Gasteiger partial charge in [0.2, 0.25) is 0 Å². The van der Waals surface area contributed by atoms with Crippen LogP contribution >= 0.6 is 0 Å². The standard InChI is InChI=1S/C16H23N5.C7H14O/c1-5-7-12-13(8-6-2)18-16(10-17-12)19-15-9-14(11(3)4)20-21-15;1-2-7-3-5-8-6-4-7/h5,7,9-11H,6,8H2,1-4H3,(H2,18,19,20,21);7H,2-6H2,1H3/b7-5-;. The van der Waals surface area contributed by atoms with Crippen molar-refractivity contribution < 1.29 is 4.74 Å². The topological polar surface area (TPSA) is 75.7 Å². The van der Waals surface area contributed by atoms with Gasteiger partial charge >= 0.3 is 0 Å². The molecule has 0 bridgehead atoms. The highest BCUT2D eigenvalue weighted by Gasteiger charge is 2.10. The van der Waals surface area contributed by atoms with Crippen molar-refractivity contribution >= 4 is 17.7 Å². The number of anilines is 2. The molecule has 0 atom stereocenters. The summed E-state index contributed by atoms with van der Waals surface area (Å²) in [5.41, 5.74) is 3.06. The molecule has 0 radical (unpaired) electrons. The molecular weight excluding hydrogens is 362 g/mol. The largest absolute Gasteiger partial charge is 0.381 e. The molecule has 6 heteroatoms. The summed E-state index contributed by atoms with van der Waals surface area (Å²) >= 11 is 0. The van der Waals surface area contributed by atoms with E-state index in [9.17, 15) is 0 Å². The Labute approximate surface area is 175 Å². The molecule has 0 aliphatic carbocycles. The van der Waals surface area contributed by atoms with E-state index in [0.717, 1.165) is 60.7 Å². The van der Waals surface area contributed by atoms with Gasteiger partial charge in [0.15, 0.2) is 5.82 Å². The number of aromatic nitrogens is 4. The quantitative estimate of drug-likeness (QED) is 0.608. The van der Waals surface area contributed by atoms with E-state index in [0.29, 0.717) is 5.92 Å². The van der Waals surface area contributed by atoms with E-state index in [4.69, 9.17) is 4.74 Å². The first kappa shape index (κ1) is 23.1. The number of aryl methyl sites for hydroxylation is 1. The first-order chi connectivity index (χ1) is 14.1. The van der Waals surface area contributed by atoms with Gasteiger partial charge in [-0.25, -0.2) is 4.98 Å². The van der Waals surface area contributed by atoms with E-state index in [1.165, 1.54) is 19.3 Å². The Morgan fingerprint density at radius 2 is 2.00 bits per heavy atom. The van der Waals surface area contributed by atoms with Crippen LogP contribution in [0.4, 0.5) is 11.6 Å². The number of rotatable bonds is 7. The van der Waals surface area contributed by atoms with Crippen molar-refractivity contribution in [2.45, 2.75) is 72.6 Å². The highest BCUT2D eigenvalue weighted by Crippen LogP contribution is 2.19. The predicted octanol–water partition coefficient (Wildman–Crippen LogP) is 5.88. The number of aromatic amines is 1. The second-order valence-electron chi connectivity index (χ2n) is 7.79. The zero-order valence-electron chi connectivity index (χ0n) is 18.7. The molecule has 6 nitrogen and oxygen atoms in total. The van der Waals surface area contributed by atoms with Gasteiger partial charge in [-0.2, -0.15) is 5.10 Å². The lowest BCUT2D eigenvalue weighted by molar-refractivity contribution is 0.0654. The molecule has 0 saturated carbocycles. The molecule has 160 valence electrons. The van der Waals surface area contributed by atoms with Gasteiger partial charge in [0.25, 0.3) is 0 Å². The van der Waals surface area contributed by atoms with Gasteiger partial charge in [-0.1, -0.05) is 46.6 Å². The molecule has 1 aliphatic rings. The SMILES string of the molecule is C/C=C\c1ncc(Nc2cc(C(C)C)[nH]n2)nc1CCC.CCC1CCOCC1. The van der Waals surface area contributed by atoms with Gasteiger partial charge in [0.05, 0.1) is 17.6 Å². The van der Waals surface area contributed by atoms with E-state index in [1.54, 1.807) is 6.20 Å². The molecule has 0 amide bonds. The zero-order valence-corrected chi connectivity index (χ0v) is 18.7. The Bertz CT molecular complexity index is 747. The van der Waals surface area contributed by atoms with Crippen molar-refractivity contribution in [2.24, 2.45) is 5.92 Å². The number of H-pyrrole nitrogens is 1. The highest BCUT2D eigenvalue weighted by atomic mass is 16.5. The maximum absolute atomic E-state index is 5.20. The monoisotopic (exact) mass is 399 g/mol. The summed E-state index contributed by atoms with van der Waals surface area (Å²) in [5, 5.41) is 10.5. The van der Waals surface area contributed by atoms with Crippen LogP contribution in [0.25, 0.3) is 6.08 Å². The molecule has 0 spiro atoms. The summed E-state index contributed by atoms with van der Waals surface area (Å²) in [4.78, 5) is 9.13. The van der Waals surface area contributed by atoms with Crippen molar-refractivity contribution in [3.8, 4) is 0 Å². The van der Waals surface area contributed by atoms with Crippen LogP contribution in [0.2, 0.25) is 0 Å². The number of allylic oxidation sites excluding steroid dienone is 1. The van der Waals surface area contributed by atoms with Gasteiger partial charge in [-0.3, -0.25) is 10.1 Å². The smallest absolute Gasteiger partial charge is 0.153 e. The molecular formula is C23H37N5O. The van der Waals surface area contributed by atoms with E-state index in [1.807, 2.05) is 25.1 Å². The lowest BCUT2D eigenvalue weighted by Gasteiger charge is -2.19. The number of ether oxygens (including phenoxy) is 1. The maximum Gasteiger partial charge on any atom is 0.153 e. The summed E-state index contributed by atoms with van der Waals surface area (Å²) in [6, 6.07) is 2.01. The Hall–Kier alpha value is -2.21. The van der Waals surface area contributed by atoms with Crippen molar-refractivity contribution in [3.05, 3.63) is 35.4 Å². The minimum atomic E-state index is 0.423. The molecule has 3 rings (SSSR count). The minimum absolute atomic E-state index is 0.423. The van der Waals surface area contributed by atoms with E-state index in [2.05, 4.69) is 53.2 Å². The average molecular weight is 400 g/mol. The molecule has 2 aromatic rings. The van der Waals surface area contributed by atoms with Gasteiger partial charge in [-0.05, 0) is 44.1 Å². The Balaban J connectivity index is 0.000000313. The summed E-state index contributed by atoms with van der Waals surface area (Å²) in [5.74, 6) is 2.89. The molecule has 3 heterocycles. The van der Waals surface area contributed by atoms with Crippen LogP contribution in [0.15, 0.2) is 18.3 Å². The molecule has 2 aromatic heterocycles. The first-order valence-electron chi connectivity index (χ1n) is 11.0. The zero-order chi connectivity index (χ0) is 21.1. The van der Waals surface area contributed by atoms with E-state index in [-0.39, 0.29) is 0 Å². The van der Waals surface area contributed by atoms with Gasteiger partial charge in [0, 0.05) is 25.0 Å². The van der Waals surface area contributed by atoms with Gasteiger partial charge in [-0.15, -0.1) is 0 Å². The molecule has 29 heavy (non-hydrogen) atoms. The fraction of sp³-hybridized carbons (Fsp3) is 0.609. The summed E-state index contributed by atoms with van der Waals surface area (Å²) in [6.45, 7) is 12.6. The maximum atomic E-state index is 5.20. The van der Waals surface area contributed by atoms with E-state index >= 15 is 0 Å². The van der Waals surface area contributed by atoms with Crippen molar-refractivity contribution in [2.75, 3.05) is 18.5 Å². The fourth-order valence-electron chi connectivity index (χ4n) is 3.20. The Morgan fingerprint density at radius 1 is 1.24 bits per heavy atom. The highest BCUT2D eigenvalue weighted by molar-refractivity contribution is 5.54. The van der Waals surface area contributed by atoms with Crippen molar-refractivity contribution in [3.63, 3.8) is 0 Å². The lowest BCUT2D eigenvalue weighted by atomic mass is 9.98. The third-order valence-corrected chi connectivity index (χ3v) is 5.08. The second kappa shape index (κ2) is 12.4. The Kier molecular flexibility index (Phi) is 9.84. The van der Waals surface area contributed by atoms with Crippen LogP contribution in [-0.2, 0) is 11.2 Å². The average Bonchev–Trinajstić information content (AvgIpc) is 3.20. The van der Waals surface area contributed by atoms with Gasteiger partial charge < -0.3 is 10.1 Å². The molecule has 1 fully saturated rings. The summed E-state index contributed by atoms with van der Waals surface area (Å²) < 4.78 is 5.20. The molecule has 1 aliphatic heterocycles. The predicted molar refractivity (Wildman–Crippen MR) is 121 cm³/mol. The van der Waals surface area contributed by atoms with Crippen molar-refractivity contribution in [1.82, 2.24) is 20.2 Å². The number of hydrogen-bond acceptors (Lipinski definition) is 5. The minimum Gasteiger partial charge on any atom is -0.381 e. The number of nitrogens with zero attached hydrogens (tertiary/aromatic N) is 3. The normalized spacial score (nSPS) is 14.8. The van der Waals surface area contributed by atoms with E-state index < -0.39 is 0 Å². The third-order valence-electron chi connectivity index (χ3n) is 5.08. The molecule has 2 N–H and O–H groups in total. The lowest BCUT2D eigenvalue weighted by Crippen LogP contribution is -2.14. The van der Waals surface area contributed by atoms with Crippen LogP contribution in [-0.4, -0.2) is 33.4 Å². The summed E-state index contributed by atoms with van der Waals surface area (Å²) in [7, 11) is 0. The molecule has 1 saturated heterocycles. The van der Waals surface area contributed by atoms with Crippen LogP contribution in [0, 0.1) is 5.92 Å². The Morgan fingerprint density at radius 3 is 2.55 bits per heavy atom. The van der Waals surface area contributed by atoms with Crippen LogP contribution in [0.3, 0.4) is 0 Å². The van der Waals surface area contributed by atoms with Crippen LogP contribution < -0.4 is 5.32 Å². The fourth-order valence-corrected chi connectivity index (χ4v) is 3.20. The second-order valence-corrected chi connectivity index (χ2v) is 7.79. The van der Waals surface area contributed by atoms with Gasteiger partial charge in [0.1, 0.15) is 5.82 Å². The van der Waals surface area contributed by atoms with Crippen LogP contribution in [0.5, 0.6) is 0 Å². The van der Waals surface area contributed by atoms with Crippen molar-refractivity contribution in [1.29, 1.82) is 0 Å². The first-order valence-corrected chi connectivity index (χ1v) is 11.0. The summed E-state index contributed by atoms with van der Waals surface area (Å²) in [6.07, 6.45) is 11.6. The number of hydrogen-bond donors (Lipinski definition) is 2.